The van der Waals surface area contributed by atoms with Crippen molar-refractivity contribution >= 4 is 11.8 Å². The Bertz CT molecular complexity index is 575. The van der Waals surface area contributed by atoms with E-state index in [-0.39, 0.29) is 23.9 Å². The van der Waals surface area contributed by atoms with Gasteiger partial charge in [0.25, 0.3) is 5.91 Å². The van der Waals surface area contributed by atoms with Gasteiger partial charge in [0.05, 0.1) is 7.11 Å². The zero-order chi connectivity index (χ0) is 17.0. The number of alkyl halides is 2. The van der Waals surface area contributed by atoms with Crippen LogP contribution >= 0.6 is 0 Å². The lowest BCUT2D eigenvalue weighted by atomic mass is 10.1. The summed E-state index contributed by atoms with van der Waals surface area (Å²) in [4.78, 5) is 24.7. The molecule has 5 nitrogen and oxygen atoms in total. The van der Waals surface area contributed by atoms with Crippen LogP contribution in [0.3, 0.4) is 0 Å². The van der Waals surface area contributed by atoms with Crippen LogP contribution in [0.1, 0.15) is 18.9 Å². The van der Waals surface area contributed by atoms with Crippen molar-refractivity contribution in [2.45, 2.75) is 19.3 Å². The fourth-order valence-electron chi connectivity index (χ4n) is 2.56. The molecule has 1 atom stereocenters. The summed E-state index contributed by atoms with van der Waals surface area (Å²) in [5.41, 5.74) is -0.382. The highest BCUT2D eigenvalue weighted by Crippen LogP contribution is 2.29. The molecule has 1 aliphatic heterocycles. The van der Waals surface area contributed by atoms with E-state index in [4.69, 9.17) is 4.74 Å². The number of likely N-dealkylation sites (tertiary alicyclic amines) is 1. The maximum absolute atomic E-state index is 14.1. The lowest BCUT2D eigenvalue weighted by Gasteiger charge is -2.19. The first-order valence-electron chi connectivity index (χ1n) is 7.40. The van der Waals surface area contributed by atoms with Crippen molar-refractivity contribution in [1.82, 2.24) is 10.2 Å². The molecular weight excluding hydrogens is 306 g/mol. The molecule has 1 aromatic rings. The van der Waals surface area contributed by atoms with E-state index in [0.29, 0.717) is 25.3 Å². The number of amides is 2. The summed E-state index contributed by atoms with van der Waals surface area (Å²) in [6.07, 6.45) is 0.702. The zero-order valence-corrected chi connectivity index (χ0v) is 13.1. The average molecular weight is 326 g/mol. The minimum Gasteiger partial charge on any atom is -0.497 e. The van der Waals surface area contributed by atoms with Crippen molar-refractivity contribution in [2.75, 3.05) is 26.7 Å². The molecule has 1 saturated heterocycles. The second-order valence-corrected chi connectivity index (χ2v) is 5.63. The smallest absolute Gasteiger partial charge is 0.349 e. The monoisotopic (exact) mass is 326 g/mol. The number of ether oxygens (including phenoxy) is 1. The van der Waals surface area contributed by atoms with Crippen molar-refractivity contribution in [3.8, 4) is 5.75 Å². The van der Waals surface area contributed by atoms with Gasteiger partial charge in [-0.1, -0.05) is 0 Å². The van der Waals surface area contributed by atoms with E-state index < -0.39 is 11.8 Å². The van der Waals surface area contributed by atoms with Gasteiger partial charge in [0.2, 0.25) is 5.91 Å². The molecule has 126 valence electrons. The van der Waals surface area contributed by atoms with Crippen LogP contribution in [0.15, 0.2) is 24.3 Å². The summed E-state index contributed by atoms with van der Waals surface area (Å²) in [5, 5.41) is 2.29. The molecule has 0 aliphatic carbocycles. The van der Waals surface area contributed by atoms with Crippen LogP contribution in [-0.4, -0.2) is 43.5 Å². The molecule has 23 heavy (non-hydrogen) atoms. The predicted octanol–water partition coefficient (Wildman–Crippen LogP) is 1.77. The van der Waals surface area contributed by atoms with Crippen molar-refractivity contribution in [2.24, 2.45) is 5.92 Å². The first kappa shape index (κ1) is 17.2. The lowest BCUT2D eigenvalue weighted by molar-refractivity contribution is -0.147. The highest BCUT2D eigenvalue weighted by Gasteiger charge is 2.41. The zero-order valence-electron chi connectivity index (χ0n) is 13.1. The highest BCUT2D eigenvalue weighted by atomic mass is 19.3. The quantitative estimate of drug-likeness (QED) is 0.897. The summed E-state index contributed by atoms with van der Waals surface area (Å²) in [6.45, 7) is 2.70. The summed E-state index contributed by atoms with van der Waals surface area (Å²) in [5.74, 6) is -4.52. The number of halogens is 2. The van der Waals surface area contributed by atoms with E-state index in [1.807, 2.05) is 0 Å². The molecule has 1 N–H and O–H groups in total. The molecule has 1 heterocycles. The Kier molecular flexibility index (Phi) is 5.18. The topological polar surface area (TPSA) is 58.6 Å². The fraction of sp³-hybridized carbons (Fsp3) is 0.500. The minimum absolute atomic E-state index is 0.00881. The Morgan fingerprint density at radius 2 is 2.00 bits per heavy atom. The van der Waals surface area contributed by atoms with Gasteiger partial charge in [0.1, 0.15) is 5.75 Å². The molecule has 0 radical (unpaired) electrons. The van der Waals surface area contributed by atoms with Crippen LogP contribution < -0.4 is 10.1 Å². The number of hydrogen-bond donors (Lipinski definition) is 1. The SMILES string of the molecule is COc1ccc(C(F)(F)C(=O)NCC2CCN(C(C)=O)C2)cc1. The lowest BCUT2D eigenvalue weighted by Crippen LogP contribution is -2.41. The molecule has 2 rings (SSSR count). The molecule has 0 saturated carbocycles. The van der Waals surface area contributed by atoms with Gasteiger partial charge in [-0.2, -0.15) is 8.78 Å². The molecule has 7 heteroatoms. The first-order valence-corrected chi connectivity index (χ1v) is 7.40. The minimum atomic E-state index is -3.61. The van der Waals surface area contributed by atoms with Crippen molar-refractivity contribution in [3.05, 3.63) is 29.8 Å². The summed E-state index contributed by atoms with van der Waals surface area (Å²) < 4.78 is 33.2. The van der Waals surface area contributed by atoms with Gasteiger partial charge in [0.15, 0.2) is 0 Å². The van der Waals surface area contributed by atoms with Crippen molar-refractivity contribution in [3.63, 3.8) is 0 Å². The van der Waals surface area contributed by atoms with Gasteiger partial charge in [-0.15, -0.1) is 0 Å². The Morgan fingerprint density at radius 1 is 1.35 bits per heavy atom. The number of benzene rings is 1. The third-order valence-electron chi connectivity index (χ3n) is 4.02. The van der Waals surface area contributed by atoms with E-state index in [9.17, 15) is 18.4 Å². The van der Waals surface area contributed by atoms with Crippen LogP contribution in [-0.2, 0) is 15.5 Å². The number of methoxy groups -OCH3 is 1. The summed E-state index contributed by atoms with van der Waals surface area (Å²) in [6, 6.07) is 5.12. The van der Waals surface area contributed by atoms with Gasteiger partial charge in [0, 0.05) is 32.1 Å². The standard InChI is InChI=1S/C16H20F2N2O3/c1-11(21)20-8-7-12(10-20)9-19-15(22)16(17,18)13-3-5-14(23-2)6-4-13/h3-6,12H,7-10H2,1-2H3,(H,19,22). The number of nitrogens with zero attached hydrogens (tertiary/aromatic N) is 1. The molecule has 0 spiro atoms. The molecule has 1 unspecified atom stereocenters. The fourth-order valence-corrected chi connectivity index (χ4v) is 2.56. The van der Waals surface area contributed by atoms with Crippen LogP contribution in [0, 0.1) is 5.92 Å². The largest absolute Gasteiger partial charge is 0.497 e. The Balaban J connectivity index is 1.92. The van der Waals surface area contributed by atoms with Crippen LogP contribution in [0.4, 0.5) is 8.78 Å². The second-order valence-electron chi connectivity index (χ2n) is 5.63. The summed E-state index contributed by atoms with van der Waals surface area (Å²) >= 11 is 0. The molecule has 2 amide bonds. The Morgan fingerprint density at radius 3 is 2.52 bits per heavy atom. The maximum atomic E-state index is 14.1. The number of rotatable bonds is 5. The van der Waals surface area contributed by atoms with Crippen LogP contribution in [0.5, 0.6) is 5.75 Å². The molecule has 0 aromatic heterocycles. The van der Waals surface area contributed by atoms with E-state index in [1.165, 1.54) is 38.3 Å². The molecule has 1 aromatic carbocycles. The first-order chi connectivity index (χ1) is 10.8. The molecule has 0 bridgehead atoms. The van der Waals surface area contributed by atoms with Crippen LogP contribution in [0.2, 0.25) is 0 Å². The predicted molar refractivity (Wildman–Crippen MR) is 80.3 cm³/mol. The van der Waals surface area contributed by atoms with E-state index in [0.717, 1.165) is 0 Å². The van der Waals surface area contributed by atoms with Crippen molar-refractivity contribution in [1.29, 1.82) is 0 Å². The molecule has 1 aliphatic rings. The normalized spacial score (nSPS) is 17.9. The van der Waals surface area contributed by atoms with Gasteiger partial charge >= 0.3 is 5.92 Å². The summed E-state index contributed by atoms with van der Waals surface area (Å²) in [7, 11) is 1.44. The average Bonchev–Trinajstić information content (AvgIpc) is 3.01. The third-order valence-corrected chi connectivity index (χ3v) is 4.02. The van der Waals surface area contributed by atoms with E-state index in [2.05, 4.69) is 5.32 Å². The third kappa shape index (κ3) is 3.97. The van der Waals surface area contributed by atoms with Crippen molar-refractivity contribution < 1.29 is 23.1 Å². The highest BCUT2D eigenvalue weighted by molar-refractivity contribution is 5.84. The van der Waals surface area contributed by atoms with E-state index >= 15 is 0 Å². The Hall–Kier alpha value is -2.18. The Labute approximate surface area is 133 Å². The van der Waals surface area contributed by atoms with Gasteiger partial charge in [-0.25, -0.2) is 0 Å². The van der Waals surface area contributed by atoms with Gasteiger partial charge in [-0.3, -0.25) is 9.59 Å². The van der Waals surface area contributed by atoms with Gasteiger partial charge < -0.3 is 15.0 Å². The second kappa shape index (κ2) is 6.93. The number of carbonyl (C=O) groups excluding carboxylic acids is 2. The molecule has 1 fully saturated rings. The maximum Gasteiger partial charge on any atom is 0.349 e. The number of hydrogen-bond acceptors (Lipinski definition) is 3. The number of carbonyl (C=O) groups is 2. The molecular formula is C16H20F2N2O3. The van der Waals surface area contributed by atoms with Gasteiger partial charge in [-0.05, 0) is 36.6 Å². The van der Waals surface area contributed by atoms with Crippen LogP contribution in [0.25, 0.3) is 0 Å². The van der Waals surface area contributed by atoms with E-state index in [1.54, 1.807) is 4.90 Å². The number of nitrogens with one attached hydrogen (secondary N) is 1.